The van der Waals surface area contributed by atoms with Crippen LogP contribution in [-0.4, -0.2) is 39.3 Å². The molecule has 0 bridgehead atoms. The Morgan fingerprint density at radius 1 is 1.39 bits per heavy atom. The SMILES string of the molecule is CC(C)N(C(=O)c1cc2n(n1)CCCO2)C(C)C. The van der Waals surface area contributed by atoms with E-state index < -0.39 is 0 Å². The first-order chi connectivity index (χ1) is 8.50. The maximum absolute atomic E-state index is 12.4. The molecule has 2 rings (SSSR count). The fourth-order valence-electron chi connectivity index (χ4n) is 2.37. The highest BCUT2D eigenvalue weighted by Crippen LogP contribution is 2.20. The molecule has 5 nitrogen and oxygen atoms in total. The largest absolute Gasteiger partial charge is 0.478 e. The van der Waals surface area contributed by atoms with Gasteiger partial charge in [0.25, 0.3) is 5.91 Å². The number of carbonyl (C=O) groups is 1. The number of hydrogen-bond acceptors (Lipinski definition) is 3. The van der Waals surface area contributed by atoms with Crippen LogP contribution in [0.25, 0.3) is 0 Å². The molecule has 0 unspecified atom stereocenters. The Morgan fingerprint density at radius 3 is 2.61 bits per heavy atom. The van der Waals surface area contributed by atoms with Gasteiger partial charge in [-0.3, -0.25) is 4.79 Å². The molecule has 18 heavy (non-hydrogen) atoms. The van der Waals surface area contributed by atoms with E-state index >= 15 is 0 Å². The third-order valence-electron chi connectivity index (χ3n) is 3.07. The molecule has 0 fully saturated rings. The Balaban J connectivity index is 2.24. The number of hydrogen-bond donors (Lipinski definition) is 0. The van der Waals surface area contributed by atoms with Crippen LogP contribution in [0.5, 0.6) is 5.88 Å². The Morgan fingerprint density at radius 2 is 2.06 bits per heavy atom. The van der Waals surface area contributed by atoms with Crippen LogP contribution in [0.2, 0.25) is 0 Å². The predicted molar refractivity (Wildman–Crippen MR) is 68.8 cm³/mol. The molecular formula is C13H21N3O2. The first kappa shape index (κ1) is 12.9. The van der Waals surface area contributed by atoms with E-state index in [1.54, 1.807) is 10.7 Å². The van der Waals surface area contributed by atoms with Crippen LogP contribution in [0.3, 0.4) is 0 Å². The van der Waals surface area contributed by atoms with Gasteiger partial charge in [0.1, 0.15) is 0 Å². The third-order valence-corrected chi connectivity index (χ3v) is 3.07. The zero-order valence-corrected chi connectivity index (χ0v) is 11.5. The Kier molecular flexibility index (Phi) is 3.59. The molecule has 0 N–H and O–H groups in total. The fourth-order valence-corrected chi connectivity index (χ4v) is 2.37. The zero-order chi connectivity index (χ0) is 13.3. The van der Waals surface area contributed by atoms with Gasteiger partial charge in [0, 0.05) is 31.1 Å². The second-order valence-electron chi connectivity index (χ2n) is 5.19. The van der Waals surface area contributed by atoms with Gasteiger partial charge in [0.05, 0.1) is 6.61 Å². The van der Waals surface area contributed by atoms with Gasteiger partial charge >= 0.3 is 0 Å². The van der Waals surface area contributed by atoms with Crippen molar-refractivity contribution in [3.05, 3.63) is 11.8 Å². The van der Waals surface area contributed by atoms with Crippen molar-refractivity contribution >= 4 is 5.91 Å². The fraction of sp³-hybridized carbons (Fsp3) is 0.692. The van der Waals surface area contributed by atoms with Crippen molar-refractivity contribution in [1.29, 1.82) is 0 Å². The highest BCUT2D eigenvalue weighted by atomic mass is 16.5. The molecule has 1 aliphatic rings. The average molecular weight is 251 g/mol. The highest BCUT2D eigenvalue weighted by Gasteiger charge is 2.25. The van der Waals surface area contributed by atoms with Gasteiger partial charge in [-0.15, -0.1) is 0 Å². The standard InChI is InChI=1S/C13H21N3O2/c1-9(2)16(10(3)4)13(17)11-8-12-15(14-11)6-5-7-18-12/h8-10H,5-7H2,1-4H3. The van der Waals surface area contributed by atoms with Gasteiger partial charge in [-0.2, -0.15) is 5.10 Å². The van der Waals surface area contributed by atoms with E-state index in [1.165, 1.54) is 0 Å². The van der Waals surface area contributed by atoms with E-state index in [0.29, 0.717) is 18.2 Å². The molecule has 1 amide bonds. The molecule has 1 aliphatic heterocycles. The molecule has 0 atom stereocenters. The number of rotatable bonds is 3. The summed E-state index contributed by atoms with van der Waals surface area (Å²) in [5.41, 5.74) is 0.481. The lowest BCUT2D eigenvalue weighted by Gasteiger charge is -2.29. The Labute approximate surface area is 108 Å². The highest BCUT2D eigenvalue weighted by molar-refractivity contribution is 5.93. The van der Waals surface area contributed by atoms with Crippen molar-refractivity contribution in [2.75, 3.05) is 6.61 Å². The number of aromatic nitrogens is 2. The molecule has 0 saturated heterocycles. The lowest BCUT2D eigenvalue weighted by molar-refractivity contribution is 0.0636. The maximum Gasteiger partial charge on any atom is 0.274 e. The number of carbonyl (C=O) groups excluding carboxylic acids is 1. The molecule has 0 aromatic carbocycles. The van der Waals surface area contributed by atoms with Crippen LogP contribution < -0.4 is 4.74 Å². The van der Waals surface area contributed by atoms with Crippen molar-refractivity contribution in [3.63, 3.8) is 0 Å². The number of ether oxygens (including phenoxy) is 1. The van der Waals surface area contributed by atoms with E-state index in [1.807, 2.05) is 32.6 Å². The minimum atomic E-state index is -0.0227. The van der Waals surface area contributed by atoms with Gasteiger partial charge in [0.15, 0.2) is 5.69 Å². The van der Waals surface area contributed by atoms with Gasteiger partial charge in [0.2, 0.25) is 5.88 Å². The summed E-state index contributed by atoms with van der Waals surface area (Å²) < 4.78 is 7.26. The van der Waals surface area contributed by atoms with E-state index in [0.717, 1.165) is 13.0 Å². The summed E-state index contributed by atoms with van der Waals surface area (Å²) in [6, 6.07) is 2.08. The molecular weight excluding hydrogens is 230 g/mol. The van der Waals surface area contributed by atoms with Gasteiger partial charge in [-0.1, -0.05) is 0 Å². The van der Waals surface area contributed by atoms with E-state index in [-0.39, 0.29) is 18.0 Å². The van der Waals surface area contributed by atoms with Crippen LogP contribution in [-0.2, 0) is 6.54 Å². The summed E-state index contributed by atoms with van der Waals surface area (Å²) in [6.45, 7) is 9.60. The third kappa shape index (κ3) is 2.35. The molecule has 1 aromatic rings. The summed E-state index contributed by atoms with van der Waals surface area (Å²) >= 11 is 0. The normalized spacial score (nSPS) is 14.6. The minimum Gasteiger partial charge on any atom is -0.478 e. The second kappa shape index (κ2) is 5.00. The second-order valence-corrected chi connectivity index (χ2v) is 5.19. The molecule has 0 radical (unpaired) electrons. The van der Waals surface area contributed by atoms with Crippen molar-refractivity contribution in [1.82, 2.24) is 14.7 Å². The lowest BCUT2D eigenvalue weighted by Crippen LogP contribution is -2.42. The summed E-state index contributed by atoms with van der Waals surface area (Å²) in [4.78, 5) is 14.3. The van der Waals surface area contributed by atoms with Crippen molar-refractivity contribution in [3.8, 4) is 5.88 Å². The van der Waals surface area contributed by atoms with E-state index in [4.69, 9.17) is 4.74 Å². The van der Waals surface area contributed by atoms with Crippen LogP contribution in [0.4, 0.5) is 0 Å². The first-order valence-corrected chi connectivity index (χ1v) is 6.54. The van der Waals surface area contributed by atoms with Crippen LogP contribution in [0.1, 0.15) is 44.6 Å². The van der Waals surface area contributed by atoms with E-state index in [2.05, 4.69) is 5.10 Å². The molecule has 100 valence electrons. The lowest BCUT2D eigenvalue weighted by atomic mass is 10.2. The smallest absolute Gasteiger partial charge is 0.274 e. The van der Waals surface area contributed by atoms with Gasteiger partial charge < -0.3 is 9.64 Å². The first-order valence-electron chi connectivity index (χ1n) is 6.54. The summed E-state index contributed by atoms with van der Waals surface area (Å²) in [7, 11) is 0. The molecule has 0 spiro atoms. The minimum absolute atomic E-state index is 0.0227. The molecule has 5 heteroatoms. The number of amides is 1. The van der Waals surface area contributed by atoms with Crippen LogP contribution in [0, 0.1) is 0 Å². The number of aryl methyl sites for hydroxylation is 1. The monoisotopic (exact) mass is 251 g/mol. The maximum atomic E-state index is 12.4. The Hall–Kier alpha value is -1.52. The van der Waals surface area contributed by atoms with Crippen molar-refractivity contribution in [2.24, 2.45) is 0 Å². The van der Waals surface area contributed by atoms with Crippen LogP contribution >= 0.6 is 0 Å². The van der Waals surface area contributed by atoms with Crippen LogP contribution in [0.15, 0.2) is 6.07 Å². The van der Waals surface area contributed by atoms with Crippen molar-refractivity contribution in [2.45, 2.75) is 52.7 Å². The molecule has 0 aliphatic carbocycles. The quantitative estimate of drug-likeness (QED) is 0.824. The Bertz CT molecular complexity index is 406. The predicted octanol–water partition coefficient (Wildman–Crippen LogP) is 1.92. The molecule has 0 saturated carbocycles. The van der Waals surface area contributed by atoms with Gasteiger partial charge in [-0.05, 0) is 27.7 Å². The topological polar surface area (TPSA) is 47.4 Å². The molecule has 2 heterocycles. The van der Waals surface area contributed by atoms with E-state index in [9.17, 15) is 4.79 Å². The summed E-state index contributed by atoms with van der Waals surface area (Å²) in [6.07, 6.45) is 0.945. The summed E-state index contributed by atoms with van der Waals surface area (Å²) in [5, 5.41) is 4.34. The zero-order valence-electron chi connectivity index (χ0n) is 11.5. The van der Waals surface area contributed by atoms with Crippen molar-refractivity contribution < 1.29 is 9.53 Å². The van der Waals surface area contributed by atoms with Gasteiger partial charge in [-0.25, -0.2) is 4.68 Å². The number of nitrogens with zero attached hydrogens (tertiary/aromatic N) is 3. The average Bonchev–Trinajstić information content (AvgIpc) is 2.71. The number of fused-ring (bicyclic) bond motifs is 1. The summed E-state index contributed by atoms with van der Waals surface area (Å²) in [5.74, 6) is 0.683. The molecule has 1 aromatic heterocycles.